The second-order valence-corrected chi connectivity index (χ2v) is 7.75. The first-order valence-corrected chi connectivity index (χ1v) is 10.3. The average Bonchev–Trinajstić information content (AvgIpc) is 3.45. The van der Waals surface area contributed by atoms with Crippen LogP contribution in [0.5, 0.6) is 0 Å². The van der Waals surface area contributed by atoms with Crippen LogP contribution in [-0.2, 0) is 4.79 Å². The molecule has 1 aliphatic rings. The molecule has 148 valence electrons. The molecule has 1 aliphatic heterocycles. The summed E-state index contributed by atoms with van der Waals surface area (Å²) >= 11 is 1.33. The van der Waals surface area contributed by atoms with E-state index in [-0.39, 0.29) is 30.7 Å². The van der Waals surface area contributed by atoms with Crippen molar-refractivity contribution >= 4 is 45.1 Å². The normalized spacial score (nSPS) is 13.1. The molecule has 8 heteroatoms. The van der Waals surface area contributed by atoms with Crippen LogP contribution in [-0.4, -0.2) is 39.1 Å². The molecule has 7 nitrogen and oxygen atoms in total. The number of H-pyrrole nitrogens is 1. The van der Waals surface area contributed by atoms with Crippen LogP contribution in [0.2, 0.25) is 0 Å². The number of hydrogen-bond acceptors (Lipinski definition) is 5. The number of nitrogens with zero attached hydrogens (tertiary/aromatic N) is 2. The number of hydrogen-bond donors (Lipinski definition) is 2. The summed E-state index contributed by atoms with van der Waals surface area (Å²) in [4.78, 5) is 46.0. The highest BCUT2D eigenvalue weighted by atomic mass is 32.1. The van der Waals surface area contributed by atoms with Gasteiger partial charge in [-0.05, 0) is 18.2 Å². The Morgan fingerprint density at radius 1 is 1.00 bits per heavy atom. The highest BCUT2D eigenvalue weighted by Gasteiger charge is 2.35. The number of carbonyl (C=O) groups is 3. The van der Waals surface area contributed by atoms with E-state index in [2.05, 4.69) is 15.3 Å². The maximum atomic E-state index is 12.4. The minimum absolute atomic E-state index is 0.00741. The van der Waals surface area contributed by atoms with Crippen molar-refractivity contribution in [1.82, 2.24) is 14.9 Å². The molecule has 30 heavy (non-hydrogen) atoms. The van der Waals surface area contributed by atoms with Gasteiger partial charge in [-0.3, -0.25) is 19.3 Å². The summed E-state index contributed by atoms with van der Waals surface area (Å²) < 4.78 is 0. The number of rotatable bonds is 5. The van der Waals surface area contributed by atoms with Crippen LogP contribution in [0, 0.1) is 0 Å². The second-order valence-electron chi connectivity index (χ2n) is 6.89. The molecule has 0 fully saturated rings. The standard InChI is InChI=1S/C22H16N4O3S/c27-19(9-10-26-20(28)14-6-1-2-7-15(14)21(26)29)25-22-24-18(12-30-22)16-11-23-17-8-4-3-5-13(16)17/h1-8,11-12,23H,9-10H2,(H,24,25,27). The number of aromatic nitrogens is 2. The van der Waals surface area contributed by atoms with Gasteiger partial charge in [-0.15, -0.1) is 11.3 Å². The van der Waals surface area contributed by atoms with Gasteiger partial charge in [0.15, 0.2) is 5.13 Å². The third-order valence-corrected chi connectivity index (χ3v) is 5.81. The lowest BCUT2D eigenvalue weighted by molar-refractivity contribution is -0.116. The van der Waals surface area contributed by atoms with Crippen LogP contribution in [0.3, 0.4) is 0 Å². The van der Waals surface area contributed by atoms with Crippen molar-refractivity contribution in [3.63, 3.8) is 0 Å². The van der Waals surface area contributed by atoms with Crippen molar-refractivity contribution in [3.8, 4) is 11.3 Å². The van der Waals surface area contributed by atoms with Gasteiger partial charge in [-0.1, -0.05) is 30.3 Å². The van der Waals surface area contributed by atoms with Gasteiger partial charge in [0.05, 0.1) is 16.8 Å². The number of anilines is 1. The Balaban J connectivity index is 1.24. The molecule has 3 heterocycles. The summed E-state index contributed by atoms with van der Waals surface area (Å²) in [6, 6.07) is 14.6. The summed E-state index contributed by atoms with van der Waals surface area (Å²) in [6.45, 7) is 0.0266. The van der Waals surface area contributed by atoms with Crippen molar-refractivity contribution in [1.29, 1.82) is 0 Å². The molecule has 4 aromatic rings. The zero-order valence-electron chi connectivity index (χ0n) is 15.7. The third-order valence-electron chi connectivity index (χ3n) is 5.06. The monoisotopic (exact) mass is 416 g/mol. The summed E-state index contributed by atoms with van der Waals surface area (Å²) in [5.41, 5.74) is 3.52. The van der Waals surface area contributed by atoms with E-state index >= 15 is 0 Å². The predicted molar refractivity (Wildman–Crippen MR) is 114 cm³/mol. The van der Waals surface area contributed by atoms with Crippen LogP contribution in [0.15, 0.2) is 60.1 Å². The lowest BCUT2D eigenvalue weighted by Crippen LogP contribution is -2.32. The molecular formula is C22H16N4O3S. The van der Waals surface area contributed by atoms with E-state index < -0.39 is 0 Å². The van der Waals surface area contributed by atoms with Crippen molar-refractivity contribution in [2.24, 2.45) is 0 Å². The fraction of sp³-hybridized carbons (Fsp3) is 0.0909. The fourth-order valence-corrected chi connectivity index (χ4v) is 4.30. The molecule has 0 saturated heterocycles. The molecule has 0 radical (unpaired) electrons. The largest absolute Gasteiger partial charge is 0.360 e. The average molecular weight is 416 g/mol. The van der Waals surface area contributed by atoms with Gasteiger partial charge in [0.25, 0.3) is 11.8 Å². The van der Waals surface area contributed by atoms with E-state index in [1.807, 2.05) is 35.8 Å². The Morgan fingerprint density at radius 2 is 1.70 bits per heavy atom. The smallest absolute Gasteiger partial charge is 0.261 e. The molecule has 2 N–H and O–H groups in total. The van der Waals surface area contributed by atoms with Gasteiger partial charge in [0.1, 0.15) is 0 Å². The van der Waals surface area contributed by atoms with Gasteiger partial charge in [-0.2, -0.15) is 0 Å². The number of aromatic amines is 1. The lowest BCUT2D eigenvalue weighted by atomic mass is 10.1. The van der Waals surface area contributed by atoms with Gasteiger partial charge >= 0.3 is 0 Å². The van der Waals surface area contributed by atoms with E-state index in [9.17, 15) is 14.4 Å². The zero-order chi connectivity index (χ0) is 20.7. The number of benzene rings is 2. The van der Waals surface area contributed by atoms with E-state index in [0.29, 0.717) is 16.3 Å². The van der Waals surface area contributed by atoms with Crippen molar-refractivity contribution in [3.05, 3.63) is 71.2 Å². The van der Waals surface area contributed by atoms with Crippen molar-refractivity contribution < 1.29 is 14.4 Å². The molecule has 0 bridgehead atoms. The van der Waals surface area contributed by atoms with Crippen LogP contribution in [0.4, 0.5) is 5.13 Å². The van der Waals surface area contributed by atoms with Crippen molar-refractivity contribution in [2.75, 3.05) is 11.9 Å². The zero-order valence-corrected chi connectivity index (χ0v) is 16.5. The maximum absolute atomic E-state index is 12.4. The molecule has 0 spiro atoms. The summed E-state index contributed by atoms with van der Waals surface area (Å²) in [5.74, 6) is -1.02. The van der Waals surface area contributed by atoms with E-state index in [1.165, 1.54) is 11.3 Å². The van der Waals surface area contributed by atoms with Gasteiger partial charge in [0.2, 0.25) is 5.91 Å². The van der Waals surface area contributed by atoms with Crippen molar-refractivity contribution in [2.45, 2.75) is 6.42 Å². The Bertz CT molecular complexity index is 1270. The first-order valence-electron chi connectivity index (χ1n) is 9.39. The Morgan fingerprint density at radius 3 is 2.47 bits per heavy atom. The summed E-state index contributed by atoms with van der Waals surface area (Å²) in [6.07, 6.45) is 1.90. The highest BCUT2D eigenvalue weighted by molar-refractivity contribution is 7.14. The quantitative estimate of drug-likeness (QED) is 0.482. The Labute approximate surface area is 175 Å². The predicted octanol–water partition coefficient (Wildman–Crippen LogP) is 3.92. The molecule has 0 saturated carbocycles. The maximum Gasteiger partial charge on any atom is 0.261 e. The number of fused-ring (bicyclic) bond motifs is 2. The van der Waals surface area contributed by atoms with Gasteiger partial charge in [-0.25, -0.2) is 4.98 Å². The lowest BCUT2D eigenvalue weighted by Gasteiger charge is -2.12. The molecule has 5 rings (SSSR count). The third kappa shape index (κ3) is 3.07. The second kappa shape index (κ2) is 7.23. The molecule has 0 aliphatic carbocycles. The molecule has 2 aromatic heterocycles. The minimum Gasteiger partial charge on any atom is -0.360 e. The molecule has 2 aromatic carbocycles. The number of imide groups is 1. The molecule has 0 atom stereocenters. The van der Waals surface area contributed by atoms with E-state index in [0.717, 1.165) is 27.1 Å². The number of amides is 3. The van der Waals surface area contributed by atoms with Gasteiger partial charge in [0, 0.05) is 41.0 Å². The fourth-order valence-electron chi connectivity index (χ4n) is 3.58. The van der Waals surface area contributed by atoms with E-state index in [4.69, 9.17) is 0 Å². The number of nitrogens with one attached hydrogen (secondary N) is 2. The molecule has 3 amide bonds. The van der Waals surface area contributed by atoms with E-state index in [1.54, 1.807) is 24.3 Å². The number of para-hydroxylation sites is 1. The van der Waals surface area contributed by atoms with Crippen LogP contribution < -0.4 is 5.32 Å². The Kier molecular flexibility index (Phi) is 4.40. The van der Waals surface area contributed by atoms with Gasteiger partial charge < -0.3 is 10.3 Å². The highest BCUT2D eigenvalue weighted by Crippen LogP contribution is 2.31. The SMILES string of the molecule is O=C(CCN1C(=O)c2ccccc2C1=O)Nc1nc(-c2c[nH]c3ccccc23)cs1. The molecular weight excluding hydrogens is 400 g/mol. The van der Waals surface area contributed by atoms with Crippen LogP contribution >= 0.6 is 11.3 Å². The number of carbonyl (C=O) groups excluding carboxylic acids is 3. The first kappa shape index (κ1) is 18.3. The number of thiazole rings is 1. The minimum atomic E-state index is -0.362. The molecule has 0 unspecified atom stereocenters. The van der Waals surface area contributed by atoms with Crippen LogP contribution in [0.25, 0.3) is 22.2 Å². The topological polar surface area (TPSA) is 95.2 Å². The summed E-state index contributed by atoms with van der Waals surface area (Å²) in [7, 11) is 0. The first-order chi connectivity index (χ1) is 14.6. The Hall–Kier alpha value is -3.78. The summed E-state index contributed by atoms with van der Waals surface area (Å²) in [5, 5.41) is 6.18. The van der Waals surface area contributed by atoms with Crippen LogP contribution in [0.1, 0.15) is 27.1 Å².